The van der Waals surface area contributed by atoms with E-state index in [1.165, 1.54) is 17.5 Å². The molecule has 1 unspecified atom stereocenters. The van der Waals surface area contributed by atoms with Gasteiger partial charge in [-0.15, -0.1) is 0 Å². The Bertz CT molecular complexity index is 431. The second-order valence-electron chi connectivity index (χ2n) is 5.39. The number of nitrogens with one attached hydrogen (secondary N) is 1. The van der Waals surface area contributed by atoms with Gasteiger partial charge in [0.25, 0.3) is 0 Å². The van der Waals surface area contributed by atoms with Crippen LogP contribution < -0.4 is 5.32 Å². The Morgan fingerprint density at radius 2 is 2.21 bits per heavy atom. The van der Waals surface area contributed by atoms with Crippen LogP contribution in [0.2, 0.25) is 0 Å². The van der Waals surface area contributed by atoms with Gasteiger partial charge in [0, 0.05) is 25.6 Å². The summed E-state index contributed by atoms with van der Waals surface area (Å²) in [6, 6.07) is 8.79. The molecule has 19 heavy (non-hydrogen) atoms. The molecule has 1 aliphatic heterocycles. The molecule has 1 aromatic carbocycles. The van der Waals surface area contributed by atoms with Crippen molar-refractivity contribution in [3.63, 3.8) is 0 Å². The molecule has 0 spiro atoms. The van der Waals surface area contributed by atoms with Gasteiger partial charge in [-0.25, -0.2) is 0 Å². The number of aryl methyl sites for hydroxylation is 2. The zero-order valence-corrected chi connectivity index (χ0v) is 12.0. The summed E-state index contributed by atoms with van der Waals surface area (Å²) < 4.78 is 0. The molecule has 0 radical (unpaired) electrons. The smallest absolute Gasteiger partial charge is 0.222 e. The van der Waals surface area contributed by atoms with Crippen LogP contribution in [0.3, 0.4) is 0 Å². The summed E-state index contributed by atoms with van der Waals surface area (Å²) in [5, 5.41) is 3.28. The second-order valence-corrected chi connectivity index (χ2v) is 5.39. The quantitative estimate of drug-likeness (QED) is 0.899. The lowest BCUT2D eigenvalue weighted by Crippen LogP contribution is -2.47. The Balaban J connectivity index is 1.86. The minimum absolute atomic E-state index is 0.295. The van der Waals surface area contributed by atoms with E-state index in [4.69, 9.17) is 0 Å². The van der Waals surface area contributed by atoms with Crippen molar-refractivity contribution in [1.29, 1.82) is 0 Å². The van der Waals surface area contributed by atoms with Gasteiger partial charge in [0.15, 0.2) is 0 Å². The predicted molar refractivity (Wildman–Crippen MR) is 78.2 cm³/mol. The molecule has 2 rings (SSSR count). The lowest BCUT2D eigenvalue weighted by Gasteiger charge is -2.32. The van der Waals surface area contributed by atoms with Gasteiger partial charge >= 0.3 is 0 Å². The molecule has 1 fully saturated rings. The molecule has 0 saturated carbocycles. The molecule has 0 aromatic heterocycles. The molecular formula is C16H24N2O. The van der Waals surface area contributed by atoms with Crippen molar-refractivity contribution in [1.82, 2.24) is 10.2 Å². The van der Waals surface area contributed by atoms with Crippen LogP contribution in [0.5, 0.6) is 0 Å². The fraction of sp³-hybridized carbons (Fsp3) is 0.562. The maximum absolute atomic E-state index is 12.2. The van der Waals surface area contributed by atoms with Crippen LogP contribution in [-0.4, -0.2) is 37.0 Å². The summed E-state index contributed by atoms with van der Waals surface area (Å²) >= 11 is 0. The molecule has 1 aliphatic rings. The van der Waals surface area contributed by atoms with Crippen molar-refractivity contribution < 1.29 is 4.79 Å². The number of benzene rings is 1. The number of hydrogen-bond acceptors (Lipinski definition) is 2. The van der Waals surface area contributed by atoms with Gasteiger partial charge in [0.1, 0.15) is 0 Å². The Hall–Kier alpha value is -1.35. The maximum atomic E-state index is 12.2. The van der Waals surface area contributed by atoms with Crippen LogP contribution in [0.4, 0.5) is 0 Å². The summed E-state index contributed by atoms with van der Waals surface area (Å²) in [5.41, 5.74) is 2.57. The van der Waals surface area contributed by atoms with E-state index in [0.717, 1.165) is 25.9 Å². The van der Waals surface area contributed by atoms with Crippen molar-refractivity contribution >= 4 is 5.91 Å². The number of likely N-dealkylation sites (N-methyl/N-ethyl adjacent to an activating group) is 1. The average Bonchev–Trinajstić information content (AvgIpc) is 2.46. The van der Waals surface area contributed by atoms with E-state index in [9.17, 15) is 4.79 Å². The molecule has 104 valence electrons. The fourth-order valence-corrected chi connectivity index (χ4v) is 2.73. The molecule has 1 saturated heterocycles. The van der Waals surface area contributed by atoms with E-state index in [2.05, 4.69) is 24.4 Å². The first-order chi connectivity index (χ1) is 9.20. The molecule has 1 N–H and O–H groups in total. The van der Waals surface area contributed by atoms with Gasteiger partial charge < -0.3 is 10.2 Å². The molecule has 1 atom stereocenters. The summed E-state index contributed by atoms with van der Waals surface area (Å²) in [4.78, 5) is 14.3. The van der Waals surface area contributed by atoms with Crippen molar-refractivity contribution in [2.75, 3.05) is 20.1 Å². The van der Waals surface area contributed by atoms with Crippen LogP contribution in [0.1, 0.15) is 30.4 Å². The Labute approximate surface area is 116 Å². The van der Waals surface area contributed by atoms with Gasteiger partial charge in [-0.05, 0) is 44.4 Å². The lowest BCUT2D eigenvalue weighted by molar-refractivity contribution is -0.132. The van der Waals surface area contributed by atoms with E-state index in [1.54, 1.807) is 0 Å². The van der Waals surface area contributed by atoms with Crippen LogP contribution in [-0.2, 0) is 11.2 Å². The van der Waals surface area contributed by atoms with Crippen molar-refractivity contribution in [2.24, 2.45) is 0 Å². The number of hydrogen-bond donors (Lipinski definition) is 1. The van der Waals surface area contributed by atoms with Crippen LogP contribution in [0.25, 0.3) is 0 Å². The van der Waals surface area contributed by atoms with E-state index >= 15 is 0 Å². The van der Waals surface area contributed by atoms with Crippen molar-refractivity contribution in [3.8, 4) is 0 Å². The lowest BCUT2D eigenvalue weighted by atomic mass is 10.0. The van der Waals surface area contributed by atoms with Crippen LogP contribution >= 0.6 is 0 Å². The van der Waals surface area contributed by atoms with E-state index < -0.39 is 0 Å². The third-order valence-electron chi connectivity index (χ3n) is 4.05. The average molecular weight is 260 g/mol. The van der Waals surface area contributed by atoms with Gasteiger partial charge in [-0.1, -0.05) is 24.3 Å². The standard InChI is InChI=1S/C16H24N2O/c1-13-6-3-4-7-14(13)9-10-16(19)18-11-5-8-15(12-18)17-2/h3-4,6-7,15,17H,5,8-12H2,1-2H3. The van der Waals surface area contributed by atoms with Gasteiger partial charge in [-0.3, -0.25) is 4.79 Å². The summed E-state index contributed by atoms with van der Waals surface area (Å²) in [6.07, 6.45) is 3.77. The molecule has 0 aliphatic carbocycles. The second kappa shape index (κ2) is 6.71. The molecule has 0 bridgehead atoms. The van der Waals surface area contributed by atoms with Gasteiger partial charge in [-0.2, -0.15) is 0 Å². The number of carbonyl (C=O) groups excluding carboxylic acids is 1. The number of piperidine rings is 1. The number of rotatable bonds is 4. The summed E-state index contributed by atoms with van der Waals surface area (Å²) in [7, 11) is 1.98. The Kier molecular flexibility index (Phi) is 4.97. The first kappa shape index (κ1) is 14.1. The number of amides is 1. The van der Waals surface area contributed by atoms with Crippen molar-refractivity contribution in [2.45, 2.75) is 38.6 Å². The third-order valence-corrected chi connectivity index (χ3v) is 4.05. The minimum atomic E-state index is 0.295. The largest absolute Gasteiger partial charge is 0.341 e. The van der Waals surface area contributed by atoms with Crippen LogP contribution in [0.15, 0.2) is 24.3 Å². The van der Waals surface area contributed by atoms with E-state index in [-0.39, 0.29) is 0 Å². The highest BCUT2D eigenvalue weighted by molar-refractivity contribution is 5.76. The normalized spacial score (nSPS) is 19.5. The molecular weight excluding hydrogens is 236 g/mol. The predicted octanol–water partition coefficient (Wildman–Crippen LogP) is 2.14. The molecule has 3 heteroatoms. The first-order valence-corrected chi connectivity index (χ1v) is 7.20. The SMILES string of the molecule is CNC1CCCN(C(=O)CCc2ccccc2C)C1. The van der Waals surface area contributed by atoms with Crippen LogP contribution in [0, 0.1) is 6.92 Å². The monoisotopic (exact) mass is 260 g/mol. The van der Waals surface area contributed by atoms with Crippen molar-refractivity contribution in [3.05, 3.63) is 35.4 Å². The zero-order valence-electron chi connectivity index (χ0n) is 12.0. The fourth-order valence-electron chi connectivity index (χ4n) is 2.73. The highest BCUT2D eigenvalue weighted by Gasteiger charge is 2.22. The molecule has 1 amide bonds. The molecule has 3 nitrogen and oxygen atoms in total. The Morgan fingerprint density at radius 1 is 1.42 bits per heavy atom. The topological polar surface area (TPSA) is 32.3 Å². The highest BCUT2D eigenvalue weighted by atomic mass is 16.2. The highest BCUT2D eigenvalue weighted by Crippen LogP contribution is 2.14. The third kappa shape index (κ3) is 3.80. The minimum Gasteiger partial charge on any atom is -0.341 e. The summed E-state index contributed by atoms with van der Waals surface area (Å²) in [5.74, 6) is 0.295. The Morgan fingerprint density at radius 3 is 2.95 bits per heavy atom. The summed E-state index contributed by atoms with van der Waals surface area (Å²) in [6.45, 7) is 3.89. The van der Waals surface area contributed by atoms with E-state index in [0.29, 0.717) is 18.4 Å². The maximum Gasteiger partial charge on any atom is 0.222 e. The van der Waals surface area contributed by atoms with E-state index in [1.807, 2.05) is 24.1 Å². The molecule has 1 heterocycles. The van der Waals surface area contributed by atoms with Gasteiger partial charge in [0.2, 0.25) is 5.91 Å². The number of likely N-dealkylation sites (tertiary alicyclic amines) is 1. The first-order valence-electron chi connectivity index (χ1n) is 7.20. The molecule has 1 aromatic rings. The number of nitrogens with zero attached hydrogens (tertiary/aromatic N) is 1. The zero-order chi connectivity index (χ0) is 13.7. The van der Waals surface area contributed by atoms with Gasteiger partial charge in [0.05, 0.1) is 0 Å². The number of carbonyl (C=O) groups is 1.